The van der Waals surface area contributed by atoms with Gasteiger partial charge in [0.1, 0.15) is 17.8 Å². The minimum Gasteiger partial charge on any atom is -0.497 e. The average molecular weight is 178 g/mol. The molecule has 3 heteroatoms. The second-order valence-corrected chi connectivity index (χ2v) is 2.70. The van der Waals surface area contributed by atoms with Crippen LogP contribution in [0.2, 0.25) is 0 Å². The van der Waals surface area contributed by atoms with Crippen molar-refractivity contribution in [1.82, 2.24) is 0 Å². The van der Waals surface area contributed by atoms with Crippen LogP contribution in [-0.4, -0.2) is 14.2 Å². The van der Waals surface area contributed by atoms with Crippen molar-refractivity contribution in [2.45, 2.75) is 0 Å². The highest BCUT2D eigenvalue weighted by molar-refractivity contribution is 5.88. The zero-order valence-corrected chi connectivity index (χ0v) is 7.53. The van der Waals surface area contributed by atoms with Crippen molar-refractivity contribution >= 4 is 10.8 Å². The molecule has 1 aromatic heterocycles. The van der Waals surface area contributed by atoms with Crippen LogP contribution in [0.1, 0.15) is 0 Å². The van der Waals surface area contributed by atoms with Crippen molar-refractivity contribution in [1.29, 1.82) is 0 Å². The Morgan fingerprint density at radius 1 is 1.08 bits per heavy atom. The highest BCUT2D eigenvalue weighted by Gasteiger charge is 2.05. The van der Waals surface area contributed by atoms with Crippen LogP contribution < -0.4 is 9.47 Å². The van der Waals surface area contributed by atoms with Gasteiger partial charge in [-0.1, -0.05) is 0 Å². The molecule has 1 heterocycles. The summed E-state index contributed by atoms with van der Waals surface area (Å²) in [7, 11) is 3.25. The first kappa shape index (κ1) is 7.98. The van der Waals surface area contributed by atoms with E-state index in [2.05, 4.69) is 0 Å². The molecule has 13 heavy (non-hydrogen) atoms. The van der Waals surface area contributed by atoms with E-state index in [-0.39, 0.29) is 0 Å². The highest BCUT2D eigenvalue weighted by Crippen LogP contribution is 2.31. The molecule has 0 aliphatic heterocycles. The molecule has 68 valence electrons. The maximum absolute atomic E-state index is 5.19. The first-order valence-electron chi connectivity index (χ1n) is 3.93. The van der Waals surface area contributed by atoms with Gasteiger partial charge < -0.3 is 13.9 Å². The zero-order chi connectivity index (χ0) is 9.26. The van der Waals surface area contributed by atoms with Crippen molar-refractivity contribution in [2.75, 3.05) is 14.2 Å². The minimum absolute atomic E-state index is 0.767. The van der Waals surface area contributed by atoms with Gasteiger partial charge in [-0.3, -0.25) is 0 Å². The van der Waals surface area contributed by atoms with Gasteiger partial charge in [0.25, 0.3) is 0 Å². The van der Waals surface area contributed by atoms with Crippen LogP contribution in [0.15, 0.2) is 29.1 Å². The lowest BCUT2D eigenvalue weighted by Gasteiger charge is -2.04. The third-order valence-corrected chi connectivity index (χ3v) is 1.98. The molecule has 0 amide bonds. The standard InChI is InChI=1S/C10H10O3/c1-11-8-3-7-5-13-6-9(7)10(4-8)12-2/h3-6H,1-2H3. The summed E-state index contributed by atoms with van der Waals surface area (Å²) in [5.74, 6) is 1.54. The Labute approximate surface area is 75.9 Å². The molecule has 0 aliphatic carbocycles. The summed E-state index contributed by atoms with van der Waals surface area (Å²) in [6.45, 7) is 0. The number of ether oxygens (including phenoxy) is 2. The van der Waals surface area contributed by atoms with Gasteiger partial charge in [0.15, 0.2) is 0 Å². The Morgan fingerprint density at radius 2 is 1.92 bits per heavy atom. The van der Waals surface area contributed by atoms with Gasteiger partial charge in [0.2, 0.25) is 0 Å². The van der Waals surface area contributed by atoms with Crippen molar-refractivity contribution in [3.63, 3.8) is 0 Å². The molecule has 0 saturated carbocycles. The summed E-state index contributed by atoms with van der Waals surface area (Å²) in [6.07, 6.45) is 3.33. The number of furan rings is 1. The smallest absolute Gasteiger partial charge is 0.133 e. The van der Waals surface area contributed by atoms with Crippen molar-refractivity contribution < 1.29 is 13.9 Å². The fourth-order valence-electron chi connectivity index (χ4n) is 1.31. The molecule has 2 aromatic rings. The van der Waals surface area contributed by atoms with Crippen LogP contribution in [0.5, 0.6) is 11.5 Å². The average Bonchev–Trinajstić information content (AvgIpc) is 2.63. The number of hydrogen-bond acceptors (Lipinski definition) is 3. The zero-order valence-electron chi connectivity index (χ0n) is 7.53. The summed E-state index contributed by atoms with van der Waals surface area (Å²) >= 11 is 0. The molecular formula is C10H10O3. The van der Waals surface area contributed by atoms with E-state index in [1.807, 2.05) is 12.1 Å². The third kappa shape index (κ3) is 1.22. The van der Waals surface area contributed by atoms with Gasteiger partial charge in [-0.05, 0) is 6.07 Å². The lowest BCUT2D eigenvalue weighted by molar-refractivity contribution is 0.398. The molecule has 0 N–H and O–H groups in total. The van der Waals surface area contributed by atoms with Crippen LogP contribution in [0.25, 0.3) is 10.8 Å². The molecule has 0 radical (unpaired) electrons. The summed E-state index contributed by atoms with van der Waals surface area (Å²) in [6, 6.07) is 3.74. The number of rotatable bonds is 2. The molecule has 0 unspecified atom stereocenters. The first-order valence-corrected chi connectivity index (χ1v) is 3.93. The molecule has 0 atom stereocenters. The molecule has 0 saturated heterocycles. The normalized spacial score (nSPS) is 10.3. The van der Waals surface area contributed by atoms with E-state index in [1.165, 1.54) is 0 Å². The Kier molecular flexibility index (Phi) is 1.85. The van der Waals surface area contributed by atoms with E-state index < -0.39 is 0 Å². The molecule has 0 fully saturated rings. The maximum atomic E-state index is 5.19. The molecule has 0 spiro atoms. The van der Waals surface area contributed by atoms with E-state index in [4.69, 9.17) is 13.9 Å². The second-order valence-electron chi connectivity index (χ2n) is 2.70. The lowest BCUT2D eigenvalue weighted by Crippen LogP contribution is -1.86. The lowest BCUT2D eigenvalue weighted by atomic mass is 10.2. The van der Waals surface area contributed by atoms with Gasteiger partial charge >= 0.3 is 0 Å². The summed E-state index contributed by atoms with van der Waals surface area (Å²) in [5, 5.41) is 1.94. The van der Waals surface area contributed by atoms with Gasteiger partial charge in [-0.25, -0.2) is 0 Å². The van der Waals surface area contributed by atoms with Crippen molar-refractivity contribution in [2.24, 2.45) is 0 Å². The fourth-order valence-corrected chi connectivity index (χ4v) is 1.31. The molecule has 3 nitrogen and oxygen atoms in total. The molecule has 1 aromatic carbocycles. The predicted molar refractivity (Wildman–Crippen MR) is 49.3 cm³/mol. The van der Waals surface area contributed by atoms with Gasteiger partial charge in [0, 0.05) is 11.5 Å². The second kappa shape index (κ2) is 3.01. The Bertz CT molecular complexity index is 417. The van der Waals surface area contributed by atoms with Crippen molar-refractivity contribution in [3.8, 4) is 11.5 Å². The van der Waals surface area contributed by atoms with Crippen molar-refractivity contribution in [3.05, 3.63) is 24.7 Å². The number of benzene rings is 1. The summed E-state index contributed by atoms with van der Waals surface area (Å²) in [5.41, 5.74) is 0. The van der Waals surface area contributed by atoms with Crippen LogP contribution in [0.3, 0.4) is 0 Å². The largest absolute Gasteiger partial charge is 0.497 e. The predicted octanol–water partition coefficient (Wildman–Crippen LogP) is 2.45. The first-order chi connectivity index (χ1) is 6.35. The van der Waals surface area contributed by atoms with E-state index >= 15 is 0 Å². The topological polar surface area (TPSA) is 31.6 Å². The maximum Gasteiger partial charge on any atom is 0.133 e. The number of hydrogen-bond donors (Lipinski definition) is 0. The SMILES string of the molecule is COc1cc(OC)c2cocc2c1. The van der Waals surface area contributed by atoms with E-state index in [0.717, 1.165) is 22.3 Å². The Hall–Kier alpha value is -1.64. The van der Waals surface area contributed by atoms with Gasteiger partial charge in [0.05, 0.1) is 25.9 Å². The molecule has 2 rings (SSSR count). The van der Waals surface area contributed by atoms with Crippen LogP contribution in [0, 0.1) is 0 Å². The monoisotopic (exact) mass is 178 g/mol. The van der Waals surface area contributed by atoms with E-state index in [0.29, 0.717) is 0 Å². The Morgan fingerprint density at radius 3 is 2.62 bits per heavy atom. The van der Waals surface area contributed by atoms with Crippen LogP contribution in [-0.2, 0) is 0 Å². The molecule has 0 aliphatic rings. The quantitative estimate of drug-likeness (QED) is 0.707. The number of fused-ring (bicyclic) bond motifs is 1. The van der Waals surface area contributed by atoms with E-state index in [1.54, 1.807) is 26.7 Å². The molecular weight excluding hydrogens is 168 g/mol. The summed E-state index contributed by atoms with van der Waals surface area (Å²) < 4.78 is 15.4. The van der Waals surface area contributed by atoms with Gasteiger partial charge in [-0.2, -0.15) is 0 Å². The number of methoxy groups -OCH3 is 2. The van der Waals surface area contributed by atoms with Crippen LogP contribution in [0.4, 0.5) is 0 Å². The Balaban J connectivity index is 2.70. The summed E-state index contributed by atoms with van der Waals surface area (Å²) in [4.78, 5) is 0. The minimum atomic E-state index is 0.767. The van der Waals surface area contributed by atoms with E-state index in [9.17, 15) is 0 Å². The fraction of sp³-hybridized carbons (Fsp3) is 0.200. The van der Waals surface area contributed by atoms with Gasteiger partial charge in [-0.15, -0.1) is 0 Å². The highest BCUT2D eigenvalue weighted by atomic mass is 16.5. The molecule has 0 bridgehead atoms. The third-order valence-electron chi connectivity index (χ3n) is 1.98. The van der Waals surface area contributed by atoms with Crippen LogP contribution >= 0.6 is 0 Å².